The zero-order chi connectivity index (χ0) is 15.2. The number of aromatic nitrogens is 2. The van der Waals surface area contributed by atoms with Crippen molar-refractivity contribution in [2.24, 2.45) is 0 Å². The van der Waals surface area contributed by atoms with Crippen LogP contribution in [-0.4, -0.2) is 33.8 Å². The van der Waals surface area contributed by atoms with Crippen LogP contribution in [0.3, 0.4) is 0 Å². The Labute approximate surface area is 127 Å². The Bertz CT molecular complexity index is 501. The molecule has 2 amide bonds. The van der Waals surface area contributed by atoms with E-state index in [9.17, 15) is 9.59 Å². The number of hydrogen-bond acceptors (Lipinski definition) is 5. The molecule has 7 nitrogen and oxygen atoms in total. The Kier molecular flexibility index (Phi) is 5.49. The van der Waals surface area contributed by atoms with Crippen LogP contribution in [0.15, 0.2) is 0 Å². The number of hydrogen-bond donors (Lipinski definition) is 3. The monoisotopic (exact) mass is 312 g/mol. The van der Waals surface area contributed by atoms with Gasteiger partial charge in [-0.15, -0.1) is 10.2 Å². The second-order valence-electron chi connectivity index (χ2n) is 5.23. The average molecular weight is 312 g/mol. The first-order valence-corrected chi connectivity index (χ1v) is 7.95. The van der Waals surface area contributed by atoms with Crippen LogP contribution in [0.5, 0.6) is 0 Å². The van der Waals surface area contributed by atoms with Gasteiger partial charge in [0.25, 0.3) is 0 Å². The molecule has 1 heterocycles. The lowest BCUT2D eigenvalue weighted by Gasteiger charge is -2.14. The normalized spacial score (nSPS) is 15.5. The zero-order valence-electron chi connectivity index (χ0n) is 12.0. The summed E-state index contributed by atoms with van der Waals surface area (Å²) in [6, 6.07) is -0.127. The van der Waals surface area contributed by atoms with Gasteiger partial charge in [-0.1, -0.05) is 11.3 Å². The van der Waals surface area contributed by atoms with Crippen molar-refractivity contribution in [3.05, 3.63) is 10.0 Å². The fraction of sp³-hybridized carbons (Fsp3) is 0.692. The van der Waals surface area contributed by atoms with Gasteiger partial charge in [-0.2, -0.15) is 0 Å². The number of unbranched alkanes of at least 4 members (excludes halogenated alkanes) is 1. The standard InChI is InChI=1S/C13H20N4O3S/c1-8(18)15-10(4-2-3-7-14-13(19)20)12-17-16-11(21-12)9-5-6-9/h9-10,14H,2-7H2,1H3,(H,15,18)(H,19,20). The van der Waals surface area contributed by atoms with E-state index in [0.29, 0.717) is 12.5 Å². The molecular formula is C13H20N4O3S. The van der Waals surface area contributed by atoms with E-state index in [1.165, 1.54) is 19.8 Å². The number of nitrogens with zero attached hydrogens (tertiary/aromatic N) is 2. The molecule has 2 rings (SSSR count). The number of amides is 2. The predicted octanol–water partition coefficient (Wildman–Crippen LogP) is 2.03. The summed E-state index contributed by atoms with van der Waals surface area (Å²) in [5.41, 5.74) is 0. The molecule has 1 fully saturated rings. The van der Waals surface area contributed by atoms with Gasteiger partial charge in [-0.3, -0.25) is 4.79 Å². The topological polar surface area (TPSA) is 104 Å². The maximum Gasteiger partial charge on any atom is 0.404 e. The molecule has 3 N–H and O–H groups in total. The first kappa shape index (κ1) is 15.7. The average Bonchev–Trinajstić information content (AvgIpc) is 3.14. The SMILES string of the molecule is CC(=O)NC(CCCCNC(=O)O)c1nnc(C2CC2)s1. The lowest BCUT2D eigenvalue weighted by atomic mass is 10.1. The molecule has 1 aliphatic carbocycles. The van der Waals surface area contributed by atoms with Crippen LogP contribution in [0.4, 0.5) is 4.79 Å². The lowest BCUT2D eigenvalue weighted by Crippen LogP contribution is -2.26. The van der Waals surface area contributed by atoms with Gasteiger partial charge in [0.2, 0.25) is 5.91 Å². The van der Waals surface area contributed by atoms with Crippen LogP contribution in [0.1, 0.15) is 61.0 Å². The minimum Gasteiger partial charge on any atom is -0.465 e. The number of carboxylic acid groups (broad SMARTS) is 1. The molecule has 0 aliphatic heterocycles. The van der Waals surface area contributed by atoms with Gasteiger partial charge >= 0.3 is 6.09 Å². The Morgan fingerprint density at radius 2 is 2.14 bits per heavy atom. The molecule has 0 radical (unpaired) electrons. The van der Waals surface area contributed by atoms with Gasteiger partial charge in [0.1, 0.15) is 10.0 Å². The van der Waals surface area contributed by atoms with Crippen molar-refractivity contribution in [2.75, 3.05) is 6.54 Å². The van der Waals surface area contributed by atoms with Crippen LogP contribution >= 0.6 is 11.3 Å². The third-order valence-corrected chi connectivity index (χ3v) is 4.45. The molecule has 1 aromatic rings. The van der Waals surface area contributed by atoms with Gasteiger partial charge in [-0.05, 0) is 32.1 Å². The van der Waals surface area contributed by atoms with Gasteiger partial charge < -0.3 is 15.7 Å². The van der Waals surface area contributed by atoms with Crippen LogP contribution in [0.2, 0.25) is 0 Å². The number of carbonyl (C=O) groups is 2. The van der Waals surface area contributed by atoms with Gasteiger partial charge in [-0.25, -0.2) is 4.79 Å². The first-order valence-electron chi connectivity index (χ1n) is 7.13. The first-order chi connectivity index (χ1) is 10.1. The highest BCUT2D eigenvalue weighted by molar-refractivity contribution is 7.11. The van der Waals surface area contributed by atoms with E-state index in [0.717, 1.165) is 29.3 Å². The molecule has 1 saturated carbocycles. The van der Waals surface area contributed by atoms with Crippen molar-refractivity contribution in [1.82, 2.24) is 20.8 Å². The second-order valence-corrected chi connectivity index (χ2v) is 6.27. The van der Waals surface area contributed by atoms with Crippen molar-refractivity contribution in [3.63, 3.8) is 0 Å². The van der Waals surface area contributed by atoms with Crippen LogP contribution in [-0.2, 0) is 4.79 Å². The van der Waals surface area contributed by atoms with E-state index in [2.05, 4.69) is 20.8 Å². The maximum atomic E-state index is 11.3. The molecule has 116 valence electrons. The minimum atomic E-state index is -1.01. The van der Waals surface area contributed by atoms with Crippen LogP contribution in [0.25, 0.3) is 0 Å². The van der Waals surface area contributed by atoms with Crippen molar-refractivity contribution in [2.45, 2.75) is 51.0 Å². The highest BCUT2D eigenvalue weighted by Crippen LogP contribution is 2.42. The molecule has 1 aromatic heterocycles. The number of rotatable bonds is 8. The van der Waals surface area contributed by atoms with E-state index >= 15 is 0 Å². The molecule has 8 heteroatoms. The summed E-state index contributed by atoms with van der Waals surface area (Å²) in [6.07, 6.45) is 3.63. The Morgan fingerprint density at radius 3 is 2.76 bits per heavy atom. The van der Waals surface area contributed by atoms with E-state index < -0.39 is 6.09 Å². The number of carbonyl (C=O) groups excluding carboxylic acids is 1. The van der Waals surface area contributed by atoms with Crippen LogP contribution < -0.4 is 10.6 Å². The van der Waals surface area contributed by atoms with Crippen molar-refractivity contribution in [1.29, 1.82) is 0 Å². The van der Waals surface area contributed by atoms with E-state index in [1.807, 2.05) is 0 Å². The molecule has 1 aliphatic rings. The highest BCUT2D eigenvalue weighted by atomic mass is 32.1. The van der Waals surface area contributed by atoms with E-state index in [4.69, 9.17) is 5.11 Å². The fourth-order valence-corrected chi connectivity index (χ4v) is 3.15. The van der Waals surface area contributed by atoms with Gasteiger partial charge in [0.05, 0.1) is 6.04 Å². The Balaban J connectivity index is 1.84. The molecule has 1 unspecified atom stereocenters. The molecule has 0 saturated heterocycles. The molecular weight excluding hydrogens is 292 g/mol. The van der Waals surface area contributed by atoms with Gasteiger partial charge in [0.15, 0.2) is 0 Å². The summed E-state index contributed by atoms with van der Waals surface area (Å²) in [7, 11) is 0. The predicted molar refractivity (Wildman–Crippen MR) is 78.3 cm³/mol. The number of nitrogens with one attached hydrogen (secondary N) is 2. The molecule has 0 aromatic carbocycles. The smallest absolute Gasteiger partial charge is 0.404 e. The third-order valence-electron chi connectivity index (χ3n) is 3.25. The Hall–Kier alpha value is -1.70. The Morgan fingerprint density at radius 1 is 1.38 bits per heavy atom. The summed E-state index contributed by atoms with van der Waals surface area (Å²) < 4.78 is 0. The molecule has 0 bridgehead atoms. The summed E-state index contributed by atoms with van der Waals surface area (Å²) in [5, 5.41) is 24.0. The molecule has 0 spiro atoms. The summed E-state index contributed by atoms with van der Waals surface area (Å²) >= 11 is 1.58. The largest absolute Gasteiger partial charge is 0.465 e. The quantitative estimate of drug-likeness (QED) is 0.637. The summed E-state index contributed by atoms with van der Waals surface area (Å²) in [6.45, 7) is 1.91. The third kappa shape index (κ3) is 5.30. The van der Waals surface area contributed by atoms with Gasteiger partial charge in [0, 0.05) is 19.4 Å². The summed E-state index contributed by atoms with van der Waals surface area (Å²) in [4.78, 5) is 21.7. The summed E-state index contributed by atoms with van der Waals surface area (Å²) in [5.74, 6) is 0.473. The molecule has 21 heavy (non-hydrogen) atoms. The lowest BCUT2D eigenvalue weighted by molar-refractivity contribution is -0.119. The van der Waals surface area contributed by atoms with Crippen molar-refractivity contribution >= 4 is 23.3 Å². The second kappa shape index (κ2) is 7.35. The van der Waals surface area contributed by atoms with Crippen molar-refractivity contribution in [3.8, 4) is 0 Å². The minimum absolute atomic E-state index is 0.0909. The van der Waals surface area contributed by atoms with E-state index in [-0.39, 0.29) is 11.9 Å². The highest BCUT2D eigenvalue weighted by Gasteiger charge is 2.29. The molecule has 1 atom stereocenters. The zero-order valence-corrected chi connectivity index (χ0v) is 12.8. The van der Waals surface area contributed by atoms with Crippen LogP contribution in [0, 0.1) is 0 Å². The van der Waals surface area contributed by atoms with Crippen molar-refractivity contribution < 1.29 is 14.7 Å². The maximum absolute atomic E-state index is 11.3. The fourth-order valence-electron chi connectivity index (χ4n) is 2.05. The van der Waals surface area contributed by atoms with E-state index in [1.54, 1.807) is 11.3 Å².